The minimum atomic E-state index is 0.108. The van der Waals surface area contributed by atoms with Crippen LogP contribution in [0.5, 0.6) is 0 Å². The highest BCUT2D eigenvalue weighted by Gasteiger charge is 2.00. The van der Waals surface area contributed by atoms with E-state index in [-0.39, 0.29) is 7.30 Å². The molecule has 0 N–H and O–H groups in total. The van der Waals surface area contributed by atoms with Crippen LogP contribution in [0.1, 0.15) is 20.8 Å². The molecule has 0 aromatic heterocycles. The van der Waals surface area contributed by atoms with Gasteiger partial charge in [-0.25, -0.2) is 0 Å². The topological polar surface area (TPSA) is 0 Å². The van der Waals surface area contributed by atoms with E-state index in [9.17, 15) is 0 Å². The van der Waals surface area contributed by atoms with Gasteiger partial charge in [0.15, 0.2) is 0 Å². The molecule has 54 valence electrons. The quantitative estimate of drug-likeness (QED) is 0.589. The van der Waals surface area contributed by atoms with Crippen molar-refractivity contribution < 1.29 is 0 Å². The Morgan fingerprint density at radius 1 is 1.33 bits per heavy atom. The highest BCUT2D eigenvalue weighted by Crippen LogP contribution is 2.71. The second-order valence-corrected chi connectivity index (χ2v) is 11.4. The van der Waals surface area contributed by atoms with Gasteiger partial charge in [0.1, 0.15) is 0 Å². The van der Waals surface area contributed by atoms with Crippen molar-refractivity contribution in [2.45, 2.75) is 20.8 Å². The lowest BCUT2D eigenvalue weighted by molar-refractivity contribution is 1.34. The Labute approximate surface area is 65.3 Å². The normalized spacial score (nSPS) is 14.3. The fourth-order valence-electron chi connectivity index (χ4n) is 0.338. The van der Waals surface area contributed by atoms with Crippen LogP contribution in [-0.4, -0.2) is 0 Å². The van der Waals surface area contributed by atoms with Crippen LogP contribution in [-0.2, 0) is 0 Å². The summed E-state index contributed by atoms with van der Waals surface area (Å²) in [6.45, 7) is 6.59. The molecule has 4 unspecified atom stereocenters. The van der Waals surface area contributed by atoms with E-state index in [1.807, 2.05) is 0 Å². The van der Waals surface area contributed by atoms with Gasteiger partial charge in [-0.3, -0.25) is 0 Å². The Kier molecular flexibility index (Phi) is 5.99. The third-order valence-electron chi connectivity index (χ3n) is 1.22. The summed E-state index contributed by atoms with van der Waals surface area (Å²) >= 11 is 0. The monoisotopic (exact) mass is 198 g/mol. The van der Waals surface area contributed by atoms with E-state index in [0.29, 0.717) is 0 Å². The largest absolute Gasteiger partial charge is 0.109 e. The maximum Gasteiger partial charge on any atom is -0.0352 e. The lowest BCUT2D eigenvalue weighted by Gasteiger charge is -2.10. The van der Waals surface area contributed by atoms with Gasteiger partial charge in [-0.15, -0.1) is 17.9 Å². The summed E-state index contributed by atoms with van der Waals surface area (Å²) in [6.07, 6.45) is 0. The molecular formula is C5H14P4. The molecule has 0 saturated heterocycles. The maximum absolute atomic E-state index is 2.92. The molecule has 0 saturated carbocycles. The Bertz CT molecular complexity index is 114. The molecule has 0 aliphatic rings. The van der Waals surface area contributed by atoms with E-state index in [0.717, 1.165) is 7.96 Å². The first-order valence-electron chi connectivity index (χ1n) is 2.74. The van der Waals surface area contributed by atoms with Crippen molar-refractivity contribution >= 4 is 33.1 Å². The summed E-state index contributed by atoms with van der Waals surface area (Å²) < 4.78 is 0. The van der Waals surface area contributed by atoms with Gasteiger partial charge in [-0.2, -0.15) is 0 Å². The molecule has 0 spiro atoms. The van der Waals surface area contributed by atoms with Gasteiger partial charge < -0.3 is 0 Å². The summed E-state index contributed by atoms with van der Waals surface area (Å²) in [6, 6.07) is 0. The fourth-order valence-corrected chi connectivity index (χ4v) is 4.78. The highest BCUT2D eigenvalue weighted by molar-refractivity contribution is 8.62. The predicted octanol–water partition coefficient (Wildman–Crippen LogP) is 3.96. The Hall–Kier alpha value is 1.46. The molecular weight excluding hydrogens is 184 g/mol. The van der Waals surface area contributed by atoms with Gasteiger partial charge in [0.25, 0.3) is 0 Å². The van der Waals surface area contributed by atoms with Crippen molar-refractivity contribution in [1.82, 2.24) is 0 Å². The molecule has 0 rings (SSSR count). The van der Waals surface area contributed by atoms with Crippen LogP contribution < -0.4 is 0 Å². The average molecular weight is 198 g/mol. The predicted molar refractivity (Wildman–Crippen MR) is 58.7 cm³/mol. The van der Waals surface area contributed by atoms with Crippen molar-refractivity contribution in [3.63, 3.8) is 0 Å². The standard InChI is InChI=1S/C5H14P4/c1-4(2)5(3)9(7)8-6/h8H,6-7H2,1-3H3. The van der Waals surface area contributed by atoms with E-state index in [1.165, 1.54) is 5.57 Å². The first-order chi connectivity index (χ1) is 4.09. The van der Waals surface area contributed by atoms with Gasteiger partial charge >= 0.3 is 0 Å². The van der Waals surface area contributed by atoms with Crippen LogP contribution in [0.3, 0.4) is 0 Å². The summed E-state index contributed by atoms with van der Waals surface area (Å²) in [5.41, 5.74) is 1.48. The van der Waals surface area contributed by atoms with E-state index in [2.05, 4.69) is 38.6 Å². The molecule has 0 amide bonds. The lowest BCUT2D eigenvalue weighted by atomic mass is 10.3. The van der Waals surface area contributed by atoms with E-state index in [4.69, 9.17) is 0 Å². The van der Waals surface area contributed by atoms with Crippen molar-refractivity contribution in [3.8, 4) is 0 Å². The molecule has 4 atom stereocenters. The average Bonchev–Trinajstić information content (AvgIpc) is 1.84. The molecule has 0 aliphatic heterocycles. The van der Waals surface area contributed by atoms with Crippen LogP contribution in [0.15, 0.2) is 10.9 Å². The molecule has 4 heteroatoms. The smallest absolute Gasteiger partial charge is 0.0352 e. The first kappa shape index (κ1) is 10.5. The number of allylic oxidation sites excluding steroid dienone is 2. The maximum atomic E-state index is 2.92. The summed E-state index contributed by atoms with van der Waals surface area (Å²) in [5.74, 6) is 0. The zero-order valence-corrected chi connectivity index (χ0v) is 10.3. The second-order valence-electron chi connectivity index (χ2n) is 2.08. The molecule has 0 aromatic rings. The summed E-state index contributed by atoms with van der Waals surface area (Å²) in [5, 5.41) is 1.57. The Morgan fingerprint density at radius 2 is 1.78 bits per heavy atom. The van der Waals surface area contributed by atoms with E-state index < -0.39 is 0 Å². The zero-order chi connectivity index (χ0) is 7.44. The Morgan fingerprint density at radius 3 is 1.89 bits per heavy atom. The van der Waals surface area contributed by atoms with Gasteiger partial charge in [-0.05, 0) is 33.4 Å². The minimum Gasteiger partial charge on any atom is -0.109 e. The van der Waals surface area contributed by atoms with Crippen molar-refractivity contribution in [1.29, 1.82) is 0 Å². The zero-order valence-electron chi connectivity index (χ0n) is 6.10. The van der Waals surface area contributed by atoms with Gasteiger partial charge in [-0.1, -0.05) is 13.5 Å². The Balaban J connectivity index is 4.02. The molecule has 0 fully saturated rings. The fraction of sp³-hybridized carbons (Fsp3) is 0.600. The number of rotatable bonds is 2. The van der Waals surface area contributed by atoms with Crippen LogP contribution >= 0.6 is 33.1 Å². The molecule has 0 nitrogen and oxygen atoms in total. The van der Waals surface area contributed by atoms with E-state index in [1.54, 1.807) is 5.31 Å². The van der Waals surface area contributed by atoms with Crippen molar-refractivity contribution in [3.05, 3.63) is 10.9 Å². The van der Waals surface area contributed by atoms with Crippen LogP contribution in [0.2, 0.25) is 0 Å². The van der Waals surface area contributed by atoms with Crippen LogP contribution in [0.25, 0.3) is 0 Å². The second kappa shape index (κ2) is 5.16. The molecule has 0 radical (unpaired) electrons. The number of hydrogen-bond donors (Lipinski definition) is 0. The van der Waals surface area contributed by atoms with Crippen LogP contribution in [0, 0.1) is 0 Å². The molecule has 0 aromatic carbocycles. The summed E-state index contributed by atoms with van der Waals surface area (Å²) in [4.78, 5) is 0. The van der Waals surface area contributed by atoms with Gasteiger partial charge in [0.2, 0.25) is 0 Å². The first-order valence-corrected chi connectivity index (χ1v) is 9.36. The molecule has 0 bridgehead atoms. The SMILES string of the molecule is CC(C)=C(C)P(P)PP. The third-order valence-corrected chi connectivity index (χ3v) is 12.2. The van der Waals surface area contributed by atoms with Gasteiger partial charge in [0.05, 0.1) is 0 Å². The molecule has 0 aliphatic carbocycles. The molecule has 0 heterocycles. The third kappa shape index (κ3) is 4.01. The summed E-state index contributed by atoms with van der Waals surface area (Å²) in [7, 11) is 6.83. The highest BCUT2D eigenvalue weighted by atomic mass is 32.6. The number of hydrogen-bond acceptors (Lipinski definition) is 0. The van der Waals surface area contributed by atoms with E-state index >= 15 is 0 Å². The van der Waals surface area contributed by atoms with Gasteiger partial charge in [0, 0.05) is 0 Å². The molecule has 9 heavy (non-hydrogen) atoms. The van der Waals surface area contributed by atoms with Crippen molar-refractivity contribution in [2.24, 2.45) is 0 Å². The van der Waals surface area contributed by atoms with Crippen molar-refractivity contribution in [2.75, 3.05) is 0 Å². The minimum absolute atomic E-state index is 0.108. The lowest BCUT2D eigenvalue weighted by Crippen LogP contribution is -1.67. The van der Waals surface area contributed by atoms with Crippen LogP contribution in [0.4, 0.5) is 0 Å².